The first kappa shape index (κ1) is 27.6. The standard InChI is InChI=1S/C24H18Cl2F4N6O4/c25-16-9-18-20(37)31-10-14(36(18)19(16)26)7-12-1-2-17(27)15(8-12)21(38)34-5-3-13(4-6-34)35-11-32-33-23(35)40-22(39)24(28,29)30/h1-2,8-11,13H,3-7H2,(H,31,37)/p+1. The lowest BCUT2D eigenvalue weighted by Crippen LogP contribution is -2.48. The van der Waals surface area contributed by atoms with E-state index in [9.17, 15) is 31.9 Å². The lowest BCUT2D eigenvalue weighted by molar-refractivity contribution is -0.728. The SMILES string of the molecule is O=C(c1cc(Cc2c[nH]c(=O)c3cc(Cl)c(Cl)n23)ccc1F)N1CCC([n+]2cn[nH]c2OC(=O)C(F)(F)F)CC1. The average molecular weight is 602 g/mol. The number of fused-ring (bicyclic) bond motifs is 1. The van der Waals surface area contributed by atoms with Crippen molar-refractivity contribution >= 4 is 40.6 Å². The Labute approximate surface area is 232 Å². The summed E-state index contributed by atoms with van der Waals surface area (Å²) < 4.78 is 59.6. The van der Waals surface area contributed by atoms with Gasteiger partial charge in [-0.15, -0.1) is 0 Å². The van der Waals surface area contributed by atoms with E-state index in [2.05, 4.69) is 19.9 Å². The van der Waals surface area contributed by atoms with E-state index in [1.165, 1.54) is 50.7 Å². The number of likely N-dealkylation sites (tertiary alicyclic amines) is 1. The summed E-state index contributed by atoms with van der Waals surface area (Å²) in [6.45, 7) is 0.325. The summed E-state index contributed by atoms with van der Waals surface area (Å²) in [4.78, 5) is 40.6. The van der Waals surface area contributed by atoms with Crippen LogP contribution in [0.25, 0.3) is 5.52 Å². The maximum Gasteiger partial charge on any atom is 0.491 e. The third-order valence-electron chi connectivity index (χ3n) is 6.58. The normalized spacial score (nSPS) is 14.6. The summed E-state index contributed by atoms with van der Waals surface area (Å²) in [6.07, 6.45) is -1.76. The molecule has 1 aromatic carbocycles. The van der Waals surface area contributed by atoms with Crippen molar-refractivity contribution < 1.29 is 36.5 Å². The van der Waals surface area contributed by atoms with Gasteiger partial charge >= 0.3 is 18.2 Å². The Morgan fingerprint density at radius 3 is 2.60 bits per heavy atom. The van der Waals surface area contributed by atoms with Crippen molar-refractivity contribution in [3.8, 4) is 6.01 Å². The van der Waals surface area contributed by atoms with Gasteiger partial charge in [0.25, 0.3) is 17.8 Å². The number of hydrogen-bond acceptors (Lipinski definition) is 5. The number of halogens is 6. The van der Waals surface area contributed by atoms with Crippen LogP contribution in [0.3, 0.4) is 0 Å². The van der Waals surface area contributed by atoms with Crippen LogP contribution >= 0.6 is 23.2 Å². The fourth-order valence-electron chi connectivity index (χ4n) is 4.63. The van der Waals surface area contributed by atoms with Gasteiger partial charge < -0.3 is 14.6 Å². The number of aromatic nitrogens is 5. The maximum absolute atomic E-state index is 14.8. The first-order valence-electron chi connectivity index (χ1n) is 11.8. The molecule has 0 atom stereocenters. The van der Waals surface area contributed by atoms with Crippen LogP contribution in [0, 0.1) is 5.82 Å². The van der Waals surface area contributed by atoms with E-state index < -0.39 is 41.5 Å². The molecule has 0 radical (unpaired) electrons. The fraction of sp³-hybridized carbons (Fsp3) is 0.292. The predicted molar refractivity (Wildman–Crippen MR) is 132 cm³/mol. The van der Waals surface area contributed by atoms with E-state index >= 15 is 0 Å². The molecule has 2 N–H and O–H groups in total. The molecule has 1 aliphatic rings. The lowest BCUT2D eigenvalue weighted by atomic mass is 10.0. The van der Waals surface area contributed by atoms with Crippen LogP contribution in [0.1, 0.15) is 40.5 Å². The number of rotatable bonds is 5. The third-order valence-corrected chi connectivity index (χ3v) is 7.33. The van der Waals surface area contributed by atoms with Gasteiger partial charge in [-0.25, -0.2) is 9.18 Å². The molecule has 0 aliphatic carbocycles. The minimum atomic E-state index is -5.18. The van der Waals surface area contributed by atoms with Gasteiger partial charge in [-0.1, -0.05) is 34.4 Å². The molecular formula is C24H19Cl2F4N6O4+. The van der Waals surface area contributed by atoms with Gasteiger partial charge in [-0.2, -0.15) is 17.7 Å². The Kier molecular flexibility index (Phi) is 7.31. The van der Waals surface area contributed by atoms with Crippen LogP contribution in [0.5, 0.6) is 6.01 Å². The Balaban J connectivity index is 1.30. The molecule has 0 unspecified atom stereocenters. The quantitative estimate of drug-likeness (QED) is 0.206. The molecule has 10 nitrogen and oxygen atoms in total. The summed E-state index contributed by atoms with van der Waals surface area (Å²) >= 11 is 12.4. The number of H-pyrrole nitrogens is 2. The number of benzene rings is 1. The number of carbonyl (C=O) groups is 2. The van der Waals surface area contributed by atoms with Crippen molar-refractivity contribution in [1.29, 1.82) is 0 Å². The Bertz CT molecular complexity index is 1670. The van der Waals surface area contributed by atoms with E-state index in [0.717, 1.165) is 0 Å². The van der Waals surface area contributed by atoms with E-state index in [1.807, 2.05) is 0 Å². The zero-order valence-electron chi connectivity index (χ0n) is 20.3. The molecule has 1 aliphatic heterocycles. The van der Waals surface area contributed by atoms with E-state index in [1.54, 1.807) is 0 Å². The minimum Gasteiger partial charge on any atom is -0.360 e. The van der Waals surface area contributed by atoms with Gasteiger partial charge in [-0.3, -0.25) is 14.0 Å². The summed E-state index contributed by atoms with van der Waals surface area (Å²) in [5, 5.41) is 6.20. The molecule has 210 valence electrons. The van der Waals surface area contributed by atoms with Crippen molar-refractivity contribution in [1.82, 2.24) is 24.5 Å². The second-order valence-corrected chi connectivity index (χ2v) is 9.85. The average Bonchev–Trinajstić information content (AvgIpc) is 3.50. The monoisotopic (exact) mass is 601 g/mol. The molecule has 5 rings (SSSR count). The number of amides is 1. The summed E-state index contributed by atoms with van der Waals surface area (Å²) in [5.74, 6) is -3.68. The van der Waals surface area contributed by atoms with Crippen molar-refractivity contribution in [2.45, 2.75) is 31.5 Å². The second-order valence-electron chi connectivity index (χ2n) is 9.08. The van der Waals surface area contributed by atoms with Gasteiger partial charge in [0.1, 0.15) is 16.5 Å². The highest BCUT2D eigenvalue weighted by molar-refractivity contribution is 6.42. The Hall–Kier alpha value is -3.91. The lowest BCUT2D eigenvalue weighted by Gasteiger charge is -2.31. The molecule has 0 spiro atoms. The highest BCUT2D eigenvalue weighted by atomic mass is 35.5. The second kappa shape index (κ2) is 10.6. The Morgan fingerprint density at radius 1 is 1.18 bits per heavy atom. The number of nitrogens with zero attached hydrogens (tertiary/aromatic N) is 4. The van der Waals surface area contributed by atoms with Gasteiger partial charge in [0.2, 0.25) is 0 Å². The number of nitrogens with one attached hydrogen (secondary N) is 2. The summed E-state index contributed by atoms with van der Waals surface area (Å²) in [5.41, 5.74) is 0.801. The topological polar surface area (TPSA) is 116 Å². The zero-order valence-corrected chi connectivity index (χ0v) is 21.8. The number of aromatic amines is 2. The number of alkyl halides is 3. The van der Waals surface area contributed by atoms with Gasteiger partial charge in [-0.05, 0) is 36.6 Å². The van der Waals surface area contributed by atoms with Gasteiger partial charge in [0.15, 0.2) is 0 Å². The Morgan fingerprint density at radius 2 is 1.90 bits per heavy atom. The molecule has 1 saturated heterocycles. The van der Waals surface area contributed by atoms with Crippen molar-refractivity contribution in [3.63, 3.8) is 0 Å². The number of ether oxygens (including phenoxy) is 1. The number of hydrogen-bond donors (Lipinski definition) is 2. The minimum absolute atomic E-state index is 0.144. The van der Waals surface area contributed by atoms with Gasteiger partial charge in [0.05, 0.1) is 16.6 Å². The van der Waals surface area contributed by atoms with Crippen LogP contribution < -0.4 is 14.9 Å². The van der Waals surface area contributed by atoms with Crippen LogP contribution in [-0.4, -0.2) is 55.6 Å². The molecule has 3 aromatic heterocycles. The number of esters is 1. The number of piperidine rings is 1. The van der Waals surface area contributed by atoms with E-state index in [-0.39, 0.29) is 53.6 Å². The van der Waals surface area contributed by atoms with E-state index in [4.69, 9.17) is 23.2 Å². The highest BCUT2D eigenvalue weighted by Crippen LogP contribution is 2.28. The highest BCUT2D eigenvalue weighted by Gasteiger charge is 2.43. The molecule has 40 heavy (non-hydrogen) atoms. The van der Waals surface area contributed by atoms with Crippen molar-refractivity contribution in [2.24, 2.45) is 0 Å². The number of carbonyl (C=O) groups excluding carboxylic acids is 2. The van der Waals surface area contributed by atoms with Crippen LogP contribution in [0.2, 0.25) is 10.2 Å². The largest absolute Gasteiger partial charge is 0.491 e. The summed E-state index contributed by atoms with van der Waals surface area (Å²) in [6, 6.07) is 4.63. The molecule has 16 heteroatoms. The predicted octanol–water partition coefficient (Wildman–Crippen LogP) is 3.62. The van der Waals surface area contributed by atoms with Crippen molar-refractivity contribution in [3.05, 3.63) is 80.0 Å². The molecule has 0 bridgehead atoms. The van der Waals surface area contributed by atoms with Gasteiger partial charge in [0, 0.05) is 36.5 Å². The van der Waals surface area contributed by atoms with Crippen LogP contribution in [0.15, 0.2) is 41.6 Å². The molecule has 1 fully saturated rings. The smallest absolute Gasteiger partial charge is 0.360 e. The first-order chi connectivity index (χ1) is 18.9. The van der Waals surface area contributed by atoms with Crippen LogP contribution in [-0.2, 0) is 11.2 Å². The maximum atomic E-state index is 14.8. The molecule has 4 heterocycles. The van der Waals surface area contributed by atoms with Crippen molar-refractivity contribution in [2.75, 3.05) is 13.1 Å². The molecule has 1 amide bonds. The van der Waals surface area contributed by atoms with Crippen LogP contribution in [0.4, 0.5) is 17.6 Å². The third kappa shape index (κ3) is 5.28. The molecular weight excluding hydrogens is 583 g/mol. The zero-order chi connectivity index (χ0) is 28.8. The van der Waals surface area contributed by atoms with E-state index in [0.29, 0.717) is 11.3 Å². The first-order valence-corrected chi connectivity index (χ1v) is 12.6. The molecule has 0 saturated carbocycles. The molecule has 4 aromatic rings. The fourth-order valence-corrected chi connectivity index (χ4v) is 5.07. The summed E-state index contributed by atoms with van der Waals surface area (Å²) in [7, 11) is 0.